The fraction of sp³-hybridized carbons (Fsp3) is 0.211. The Kier molecular flexibility index (Phi) is 4.56. The summed E-state index contributed by atoms with van der Waals surface area (Å²) < 4.78 is 0.533. The third-order valence-electron chi connectivity index (χ3n) is 3.77. The van der Waals surface area contributed by atoms with E-state index in [2.05, 4.69) is 37.9 Å². The summed E-state index contributed by atoms with van der Waals surface area (Å²) >= 11 is 6.68. The van der Waals surface area contributed by atoms with E-state index in [0.717, 1.165) is 5.56 Å². The quantitative estimate of drug-likeness (QED) is 0.574. The van der Waals surface area contributed by atoms with Crippen molar-refractivity contribution in [3.05, 3.63) is 64.8 Å². The van der Waals surface area contributed by atoms with E-state index < -0.39 is 0 Å². The van der Waals surface area contributed by atoms with Gasteiger partial charge in [0.2, 0.25) is 0 Å². The zero-order chi connectivity index (χ0) is 17.3. The SMILES string of the molecule is CC(C)(C)c1ccc(C=C2SC(=S)N(c3cccnc3)C2=O)cc1. The number of benzene rings is 1. The number of pyridine rings is 1. The van der Waals surface area contributed by atoms with Crippen molar-refractivity contribution in [2.45, 2.75) is 26.2 Å². The topological polar surface area (TPSA) is 33.2 Å². The number of hydrogen-bond donors (Lipinski definition) is 0. The summed E-state index contributed by atoms with van der Waals surface area (Å²) in [5.74, 6) is -0.0992. The highest BCUT2D eigenvalue weighted by Crippen LogP contribution is 2.35. The Bertz CT molecular complexity index is 806. The fourth-order valence-electron chi connectivity index (χ4n) is 2.41. The average molecular weight is 355 g/mol. The molecule has 3 nitrogen and oxygen atoms in total. The first-order valence-corrected chi connectivity index (χ1v) is 8.87. The number of thioether (sulfide) groups is 1. The maximum absolute atomic E-state index is 12.7. The third-order valence-corrected chi connectivity index (χ3v) is 5.07. The van der Waals surface area contributed by atoms with Crippen LogP contribution in [0.2, 0.25) is 0 Å². The van der Waals surface area contributed by atoms with Gasteiger partial charge in [-0.2, -0.15) is 0 Å². The van der Waals surface area contributed by atoms with E-state index in [0.29, 0.717) is 14.9 Å². The van der Waals surface area contributed by atoms with Gasteiger partial charge in [0.05, 0.1) is 16.8 Å². The number of hydrogen-bond acceptors (Lipinski definition) is 4. The normalized spacial score (nSPS) is 17.0. The molecular weight excluding hydrogens is 336 g/mol. The summed E-state index contributed by atoms with van der Waals surface area (Å²) in [6.45, 7) is 6.54. The van der Waals surface area contributed by atoms with E-state index in [1.807, 2.05) is 24.3 Å². The molecule has 1 amide bonds. The molecule has 5 heteroatoms. The Morgan fingerprint density at radius 2 is 1.88 bits per heavy atom. The summed E-state index contributed by atoms with van der Waals surface area (Å²) in [5, 5.41) is 0. The van der Waals surface area contributed by atoms with Crippen LogP contribution in [0.4, 0.5) is 5.69 Å². The van der Waals surface area contributed by atoms with Gasteiger partial charge in [-0.25, -0.2) is 0 Å². The van der Waals surface area contributed by atoms with Crippen LogP contribution in [0.25, 0.3) is 6.08 Å². The van der Waals surface area contributed by atoms with Gasteiger partial charge in [-0.05, 0) is 34.8 Å². The number of carbonyl (C=O) groups excluding carboxylic acids is 1. The molecule has 0 spiro atoms. The molecule has 1 aliphatic rings. The number of thiocarbonyl (C=S) groups is 1. The minimum absolute atomic E-state index is 0.0992. The summed E-state index contributed by atoms with van der Waals surface area (Å²) in [6, 6.07) is 11.9. The smallest absolute Gasteiger partial charge is 0.268 e. The molecule has 0 N–H and O–H groups in total. The first kappa shape index (κ1) is 16.9. The number of anilines is 1. The molecule has 0 aliphatic carbocycles. The van der Waals surface area contributed by atoms with Gasteiger partial charge in [0.15, 0.2) is 4.32 Å². The second-order valence-electron chi connectivity index (χ2n) is 6.60. The maximum Gasteiger partial charge on any atom is 0.270 e. The summed E-state index contributed by atoms with van der Waals surface area (Å²) in [5.41, 5.74) is 3.08. The van der Waals surface area contributed by atoms with E-state index in [9.17, 15) is 4.79 Å². The number of amides is 1. The molecule has 24 heavy (non-hydrogen) atoms. The predicted molar refractivity (Wildman–Crippen MR) is 105 cm³/mol. The number of rotatable bonds is 2. The maximum atomic E-state index is 12.7. The van der Waals surface area contributed by atoms with E-state index >= 15 is 0 Å². The van der Waals surface area contributed by atoms with Crippen molar-refractivity contribution in [2.75, 3.05) is 4.90 Å². The molecule has 0 unspecified atom stereocenters. The summed E-state index contributed by atoms with van der Waals surface area (Å²) in [4.78, 5) is 18.9. The van der Waals surface area contributed by atoms with Crippen molar-refractivity contribution >= 4 is 46.0 Å². The lowest BCUT2D eigenvalue weighted by atomic mass is 9.87. The molecule has 2 aromatic rings. The van der Waals surface area contributed by atoms with Crippen LogP contribution in [0.5, 0.6) is 0 Å². The zero-order valence-electron chi connectivity index (χ0n) is 13.8. The number of aromatic nitrogens is 1. The standard InChI is InChI=1S/C19H18N2OS2/c1-19(2,3)14-8-6-13(7-9-14)11-16-17(22)21(18(23)24-16)15-5-4-10-20-12-15/h4-12H,1-3H3. The van der Waals surface area contributed by atoms with Crippen LogP contribution < -0.4 is 4.90 Å². The predicted octanol–water partition coefficient (Wildman–Crippen LogP) is 4.78. The van der Waals surface area contributed by atoms with Gasteiger partial charge >= 0.3 is 0 Å². The molecular formula is C19H18N2OS2. The summed E-state index contributed by atoms with van der Waals surface area (Å²) in [7, 11) is 0. The first-order valence-electron chi connectivity index (χ1n) is 7.65. The molecule has 1 saturated heterocycles. The van der Waals surface area contributed by atoms with Gasteiger partial charge < -0.3 is 0 Å². The van der Waals surface area contributed by atoms with Crippen molar-refractivity contribution in [3.63, 3.8) is 0 Å². The van der Waals surface area contributed by atoms with Crippen LogP contribution in [0, 0.1) is 0 Å². The van der Waals surface area contributed by atoms with Crippen LogP contribution in [0.3, 0.4) is 0 Å². The van der Waals surface area contributed by atoms with Crippen LogP contribution in [0.1, 0.15) is 31.9 Å². The van der Waals surface area contributed by atoms with Gasteiger partial charge in [-0.3, -0.25) is 14.7 Å². The van der Waals surface area contributed by atoms with Gasteiger partial charge in [0.1, 0.15) is 0 Å². The molecule has 0 bridgehead atoms. The van der Waals surface area contributed by atoms with Crippen molar-refractivity contribution < 1.29 is 4.79 Å². The Balaban J connectivity index is 1.87. The Hall–Kier alpha value is -1.98. The van der Waals surface area contributed by atoms with Gasteiger partial charge in [-0.15, -0.1) is 0 Å². The van der Waals surface area contributed by atoms with E-state index in [1.54, 1.807) is 18.5 Å². The lowest BCUT2D eigenvalue weighted by molar-refractivity contribution is -0.113. The molecule has 122 valence electrons. The number of nitrogens with zero attached hydrogens (tertiary/aromatic N) is 2. The van der Waals surface area contributed by atoms with Crippen molar-refractivity contribution in [1.29, 1.82) is 0 Å². The van der Waals surface area contributed by atoms with Crippen molar-refractivity contribution in [2.24, 2.45) is 0 Å². The second kappa shape index (κ2) is 6.49. The molecule has 1 aromatic heterocycles. The molecule has 1 fully saturated rings. The van der Waals surface area contributed by atoms with Crippen molar-refractivity contribution in [3.8, 4) is 0 Å². The first-order chi connectivity index (χ1) is 11.4. The molecule has 1 aromatic carbocycles. The number of carbonyl (C=O) groups is 1. The van der Waals surface area contributed by atoms with E-state index in [-0.39, 0.29) is 11.3 Å². The monoisotopic (exact) mass is 354 g/mol. The summed E-state index contributed by atoms with van der Waals surface area (Å²) in [6.07, 6.45) is 5.21. The molecule has 1 aliphatic heterocycles. The minimum Gasteiger partial charge on any atom is -0.268 e. The van der Waals surface area contributed by atoms with E-state index in [4.69, 9.17) is 12.2 Å². The Labute approximate surface area is 151 Å². The Morgan fingerprint density at radius 3 is 2.46 bits per heavy atom. The highest BCUT2D eigenvalue weighted by atomic mass is 32.2. The van der Waals surface area contributed by atoms with Gasteiger partial charge in [0.25, 0.3) is 5.91 Å². The van der Waals surface area contributed by atoms with Crippen LogP contribution in [0.15, 0.2) is 53.7 Å². The minimum atomic E-state index is -0.0992. The lowest BCUT2D eigenvalue weighted by Crippen LogP contribution is -2.27. The molecule has 0 saturated carbocycles. The Morgan fingerprint density at radius 1 is 1.17 bits per heavy atom. The molecule has 0 atom stereocenters. The third kappa shape index (κ3) is 3.42. The van der Waals surface area contributed by atoms with E-state index in [1.165, 1.54) is 22.2 Å². The molecule has 3 rings (SSSR count). The van der Waals surface area contributed by atoms with Gasteiger partial charge in [0, 0.05) is 6.20 Å². The lowest BCUT2D eigenvalue weighted by Gasteiger charge is -2.18. The fourth-order valence-corrected chi connectivity index (χ4v) is 3.71. The highest BCUT2D eigenvalue weighted by molar-refractivity contribution is 8.27. The zero-order valence-corrected chi connectivity index (χ0v) is 15.4. The van der Waals surface area contributed by atoms with Crippen molar-refractivity contribution in [1.82, 2.24) is 4.98 Å². The van der Waals surface area contributed by atoms with Crippen LogP contribution >= 0.6 is 24.0 Å². The second-order valence-corrected chi connectivity index (χ2v) is 8.28. The highest BCUT2D eigenvalue weighted by Gasteiger charge is 2.33. The van der Waals surface area contributed by atoms with Crippen LogP contribution in [-0.4, -0.2) is 15.2 Å². The molecule has 0 radical (unpaired) electrons. The average Bonchev–Trinajstić information content (AvgIpc) is 2.82. The molecule has 2 heterocycles. The van der Waals surface area contributed by atoms with Gasteiger partial charge in [-0.1, -0.05) is 69.0 Å². The largest absolute Gasteiger partial charge is 0.270 e. The van der Waals surface area contributed by atoms with Crippen LogP contribution in [-0.2, 0) is 10.2 Å².